The van der Waals surface area contributed by atoms with Crippen LogP contribution in [0.2, 0.25) is 0 Å². The number of ether oxygens (including phenoxy) is 2. The van der Waals surface area contributed by atoms with Crippen LogP contribution < -0.4 is 15.6 Å². The fourth-order valence-corrected chi connectivity index (χ4v) is 2.35. The zero-order chi connectivity index (χ0) is 15.8. The molecule has 0 saturated carbocycles. The van der Waals surface area contributed by atoms with Gasteiger partial charge in [-0.1, -0.05) is 15.9 Å². The quantitative estimate of drug-likeness (QED) is 0.750. The predicted molar refractivity (Wildman–Crippen MR) is 84.1 cm³/mol. The Morgan fingerprint density at radius 3 is 2.64 bits per heavy atom. The van der Waals surface area contributed by atoms with Gasteiger partial charge in [0.05, 0.1) is 6.10 Å². The summed E-state index contributed by atoms with van der Waals surface area (Å²) in [7, 11) is 0. The predicted octanol–water partition coefficient (Wildman–Crippen LogP) is 1.93. The Labute approximate surface area is 137 Å². The molecule has 1 aromatic rings. The molecule has 0 spiro atoms. The summed E-state index contributed by atoms with van der Waals surface area (Å²) in [4.78, 5) is 23.2. The van der Waals surface area contributed by atoms with Gasteiger partial charge in [0.25, 0.3) is 5.91 Å². The lowest BCUT2D eigenvalue weighted by Gasteiger charge is -2.10. The molecule has 0 aromatic heterocycles. The van der Waals surface area contributed by atoms with Crippen molar-refractivity contribution in [1.29, 1.82) is 0 Å². The molecule has 0 bridgehead atoms. The number of amides is 2. The lowest BCUT2D eigenvalue weighted by molar-refractivity contribution is -0.130. The van der Waals surface area contributed by atoms with Crippen molar-refractivity contribution in [3.8, 4) is 5.75 Å². The molecule has 1 heterocycles. The van der Waals surface area contributed by atoms with Gasteiger partial charge < -0.3 is 9.47 Å². The molecule has 1 fully saturated rings. The summed E-state index contributed by atoms with van der Waals surface area (Å²) in [6.07, 6.45) is 3.23. The maximum absolute atomic E-state index is 11.6. The third-order valence-corrected chi connectivity index (χ3v) is 3.77. The van der Waals surface area contributed by atoms with Gasteiger partial charge in [-0.3, -0.25) is 20.4 Å². The van der Waals surface area contributed by atoms with E-state index in [2.05, 4.69) is 26.8 Å². The minimum Gasteiger partial charge on any atom is -0.484 e. The number of hydrazine groups is 1. The van der Waals surface area contributed by atoms with Crippen LogP contribution in [-0.4, -0.2) is 31.1 Å². The summed E-state index contributed by atoms with van der Waals surface area (Å²) in [6, 6.07) is 7.13. The molecular weight excluding hydrogens is 352 g/mol. The maximum atomic E-state index is 11.6. The fraction of sp³-hybridized carbons (Fsp3) is 0.467. The van der Waals surface area contributed by atoms with Gasteiger partial charge in [0.1, 0.15) is 5.75 Å². The highest BCUT2D eigenvalue weighted by Crippen LogP contribution is 2.17. The van der Waals surface area contributed by atoms with E-state index in [-0.39, 0.29) is 18.6 Å². The average Bonchev–Trinajstić information content (AvgIpc) is 3.04. The first kappa shape index (κ1) is 16.8. The molecule has 120 valence electrons. The SMILES string of the molecule is O=C(CCC1CCCO1)NNC(=O)COc1ccc(Br)cc1. The Morgan fingerprint density at radius 1 is 1.23 bits per heavy atom. The molecule has 1 saturated heterocycles. The zero-order valence-corrected chi connectivity index (χ0v) is 13.7. The van der Waals surface area contributed by atoms with Crippen LogP contribution in [0.15, 0.2) is 28.7 Å². The van der Waals surface area contributed by atoms with Crippen LogP contribution in [-0.2, 0) is 14.3 Å². The van der Waals surface area contributed by atoms with Crippen molar-refractivity contribution < 1.29 is 19.1 Å². The van der Waals surface area contributed by atoms with Crippen molar-refractivity contribution in [3.63, 3.8) is 0 Å². The Bertz CT molecular complexity index is 501. The van der Waals surface area contributed by atoms with Gasteiger partial charge >= 0.3 is 0 Å². The highest BCUT2D eigenvalue weighted by molar-refractivity contribution is 9.10. The van der Waals surface area contributed by atoms with Crippen LogP contribution in [0.1, 0.15) is 25.7 Å². The van der Waals surface area contributed by atoms with Crippen molar-refractivity contribution in [2.24, 2.45) is 0 Å². The first-order chi connectivity index (χ1) is 10.6. The van der Waals surface area contributed by atoms with Crippen molar-refractivity contribution in [2.75, 3.05) is 13.2 Å². The van der Waals surface area contributed by atoms with Crippen molar-refractivity contribution >= 4 is 27.7 Å². The van der Waals surface area contributed by atoms with Gasteiger partial charge in [-0.25, -0.2) is 0 Å². The van der Waals surface area contributed by atoms with Gasteiger partial charge in [-0.15, -0.1) is 0 Å². The number of hydrogen-bond donors (Lipinski definition) is 2. The summed E-state index contributed by atoms with van der Waals surface area (Å²) in [5, 5.41) is 0. The molecule has 1 aromatic carbocycles. The molecule has 1 unspecified atom stereocenters. The van der Waals surface area contributed by atoms with Gasteiger partial charge in [-0.05, 0) is 43.5 Å². The van der Waals surface area contributed by atoms with Crippen molar-refractivity contribution in [1.82, 2.24) is 10.9 Å². The number of halogens is 1. The van der Waals surface area contributed by atoms with E-state index in [0.29, 0.717) is 18.6 Å². The van der Waals surface area contributed by atoms with Crippen molar-refractivity contribution in [3.05, 3.63) is 28.7 Å². The largest absolute Gasteiger partial charge is 0.484 e. The topological polar surface area (TPSA) is 76.7 Å². The average molecular weight is 371 g/mol. The molecule has 1 aliphatic heterocycles. The molecule has 22 heavy (non-hydrogen) atoms. The van der Waals surface area contributed by atoms with E-state index >= 15 is 0 Å². The van der Waals surface area contributed by atoms with E-state index in [1.54, 1.807) is 12.1 Å². The lowest BCUT2D eigenvalue weighted by atomic mass is 10.1. The van der Waals surface area contributed by atoms with Crippen LogP contribution in [0.3, 0.4) is 0 Å². The van der Waals surface area contributed by atoms with E-state index in [0.717, 1.165) is 23.9 Å². The normalized spacial score (nSPS) is 17.0. The minimum absolute atomic E-state index is 0.159. The highest BCUT2D eigenvalue weighted by atomic mass is 79.9. The first-order valence-electron chi connectivity index (χ1n) is 7.21. The molecule has 0 aliphatic carbocycles. The first-order valence-corrected chi connectivity index (χ1v) is 8.00. The smallest absolute Gasteiger partial charge is 0.276 e. The Hall–Kier alpha value is -1.60. The molecule has 1 aliphatic rings. The minimum atomic E-state index is -0.409. The van der Waals surface area contributed by atoms with Crippen LogP contribution in [0.25, 0.3) is 0 Å². The molecule has 2 rings (SSSR count). The van der Waals surface area contributed by atoms with Crippen molar-refractivity contribution in [2.45, 2.75) is 31.8 Å². The van der Waals surface area contributed by atoms with Gasteiger partial charge in [-0.2, -0.15) is 0 Å². The summed E-state index contributed by atoms with van der Waals surface area (Å²) in [5.74, 6) is -0.0519. The standard InChI is InChI=1S/C15H19BrN2O4/c16-11-3-5-13(6-4-11)22-10-15(20)18-17-14(19)8-7-12-2-1-9-21-12/h3-6,12H,1-2,7-10H2,(H,17,19)(H,18,20). The summed E-state index contributed by atoms with van der Waals surface area (Å²) >= 11 is 3.31. The number of carbonyl (C=O) groups is 2. The molecule has 2 amide bonds. The van der Waals surface area contributed by atoms with Gasteiger partial charge in [0.15, 0.2) is 6.61 Å². The molecule has 1 atom stereocenters. The van der Waals surface area contributed by atoms with E-state index in [1.165, 1.54) is 0 Å². The number of hydrogen-bond acceptors (Lipinski definition) is 4. The van der Waals surface area contributed by atoms with Crippen LogP contribution in [0.5, 0.6) is 5.75 Å². The summed E-state index contributed by atoms with van der Waals surface area (Å²) < 4.78 is 11.7. The Morgan fingerprint density at radius 2 is 1.95 bits per heavy atom. The molecule has 0 radical (unpaired) electrons. The Balaban J connectivity index is 1.58. The summed E-state index contributed by atoms with van der Waals surface area (Å²) in [5.41, 5.74) is 4.70. The number of nitrogens with one attached hydrogen (secondary N) is 2. The third kappa shape index (κ3) is 6.03. The maximum Gasteiger partial charge on any atom is 0.276 e. The molecular formula is C15H19BrN2O4. The second kappa shape index (κ2) is 8.75. The van der Waals surface area contributed by atoms with E-state index < -0.39 is 5.91 Å². The van der Waals surface area contributed by atoms with E-state index in [4.69, 9.17) is 9.47 Å². The van der Waals surface area contributed by atoms with Crippen LogP contribution in [0.4, 0.5) is 0 Å². The van der Waals surface area contributed by atoms with E-state index in [9.17, 15) is 9.59 Å². The highest BCUT2D eigenvalue weighted by Gasteiger charge is 2.16. The van der Waals surface area contributed by atoms with Gasteiger partial charge in [0.2, 0.25) is 5.91 Å². The molecule has 2 N–H and O–H groups in total. The fourth-order valence-electron chi connectivity index (χ4n) is 2.08. The number of benzene rings is 1. The monoisotopic (exact) mass is 370 g/mol. The number of rotatable bonds is 6. The van der Waals surface area contributed by atoms with Crippen LogP contribution in [0, 0.1) is 0 Å². The lowest BCUT2D eigenvalue weighted by Crippen LogP contribution is -2.43. The molecule has 7 heteroatoms. The summed E-state index contributed by atoms with van der Waals surface area (Å²) in [6.45, 7) is 0.615. The Kier molecular flexibility index (Phi) is 6.67. The third-order valence-electron chi connectivity index (χ3n) is 3.24. The second-order valence-corrected chi connectivity index (χ2v) is 5.93. The number of carbonyl (C=O) groups excluding carboxylic acids is 2. The van der Waals surface area contributed by atoms with E-state index in [1.807, 2.05) is 12.1 Å². The molecule has 6 nitrogen and oxygen atoms in total. The zero-order valence-electron chi connectivity index (χ0n) is 12.1. The van der Waals surface area contributed by atoms with Crippen LogP contribution >= 0.6 is 15.9 Å². The second-order valence-electron chi connectivity index (χ2n) is 5.01. The van der Waals surface area contributed by atoms with Gasteiger partial charge in [0, 0.05) is 17.5 Å².